The Bertz CT molecular complexity index is 795. The molecule has 0 unspecified atom stereocenters. The number of carbonyl (C=O) groups excluding carboxylic acids is 1. The molecule has 3 aromatic rings. The van der Waals surface area contributed by atoms with Gasteiger partial charge in [0.15, 0.2) is 0 Å². The molecule has 0 aliphatic carbocycles. The van der Waals surface area contributed by atoms with Gasteiger partial charge < -0.3 is 9.72 Å². The molecule has 20 heavy (non-hydrogen) atoms. The van der Waals surface area contributed by atoms with E-state index in [9.17, 15) is 4.79 Å². The first-order chi connectivity index (χ1) is 9.65. The number of imidazole rings is 1. The van der Waals surface area contributed by atoms with Gasteiger partial charge in [0.2, 0.25) is 0 Å². The first-order valence-corrected chi connectivity index (χ1v) is 6.93. The van der Waals surface area contributed by atoms with Gasteiger partial charge in [-0.3, -0.25) is 4.79 Å². The van der Waals surface area contributed by atoms with Crippen molar-refractivity contribution in [3.05, 3.63) is 64.5 Å². The number of amides is 1. The van der Waals surface area contributed by atoms with E-state index in [2.05, 4.69) is 26.2 Å². The molecule has 5 heteroatoms. The van der Waals surface area contributed by atoms with Gasteiger partial charge in [0.1, 0.15) is 5.65 Å². The smallest absolute Gasteiger partial charge is 0.259 e. The summed E-state index contributed by atoms with van der Waals surface area (Å²) in [5, 5.41) is 2.89. The third kappa shape index (κ3) is 2.32. The minimum absolute atomic E-state index is 0.169. The van der Waals surface area contributed by atoms with Crippen molar-refractivity contribution in [2.75, 3.05) is 5.32 Å². The summed E-state index contributed by atoms with van der Waals surface area (Å²) in [5.41, 5.74) is 3.07. The minimum atomic E-state index is -0.169. The normalized spacial score (nSPS) is 10.7. The number of benzene rings is 1. The first-order valence-electron chi connectivity index (χ1n) is 6.14. The molecule has 1 amide bonds. The Kier molecular flexibility index (Phi) is 3.28. The van der Waals surface area contributed by atoms with Crippen molar-refractivity contribution in [2.45, 2.75) is 6.92 Å². The summed E-state index contributed by atoms with van der Waals surface area (Å²) in [6.45, 7) is 2.00. The Morgan fingerprint density at radius 3 is 2.95 bits per heavy atom. The van der Waals surface area contributed by atoms with E-state index >= 15 is 0 Å². The average molecular weight is 330 g/mol. The van der Waals surface area contributed by atoms with Gasteiger partial charge in [0.25, 0.3) is 5.91 Å². The summed E-state index contributed by atoms with van der Waals surface area (Å²) in [5.74, 6) is -0.169. The highest BCUT2D eigenvalue weighted by atomic mass is 79.9. The van der Waals surface area contributed by atoms with E-state index in [1.54, 1.807) is 12.3 Å². The fourth-order valence-corrected chi connectivity index (χ4v) is 2.37. The molecule has 4 nitrogen and oxygen atoms in total. The van der Waals surface area contributed by atoms with Gasteiger partial charge in [-0.15, -0.1) is 0 Å². The third-order valence-corrected chi connectivity index (χ3v) is 3.95. The van der Waals surface area contributed by atoms with Crippen LogP contribution in [0.3, 0.4) is 0 Å². The highest BCUT2D eigenvalue weighted by Crippen LogP contribution is 2.21. The van der Waals surface area contributed by atoms with Gasteiger partial charge in [-0.25, -0.2) is 4.98 Å². The number of aromatic nitrogens is 2. The maximum atomic E-state index is 12.3. The maximum absolute atomic E-state index is 12.3. The van der Waals surface area contributed by atoms with Crippen LogP contribution in [0.4, 0.5) is 5.69 Å². The lowest BCUT2D eigenvalue weighted by molar-refractivity contribution is 0.102. The fourth-order valence-electron chi connectivity index (χ4n) is 1.99. The molecule has 100 valence electrons. The van der Waals surface area contributed by atoms with Crippen LogP contribution in [-0.2, 0) is 0 Å². The van der Waals surface area contributed by atoms with Crippen molar-refractivity contribution < 1.29 is 4.79 Å². The SMILES string of the molecule is Cc1ccc(NC(=O)c2cccn3ccnc23)cc1Br. The molecule has 0 spiro atoms. The maximum Gasteiger partial charge on any atom is 0.259 e. The highest BCUT2D eigenvalue weighted by molar-refractivity contribution is 9.10. The molecule has 2 aromatic heterocycles. The zero-order chi connectivity index (χ0) is 14.1. The summed E-state index contributed by atoms with van der Waals surface area (Å²) < 4.78 is 2.79. The van der Waals surface area contributed by atoms with Crippen molar-refractivity contribution in [3.8, 4) is 0 Å². The van der Waals surface area contributed by atoms with Crippen LogP contribution in [-0.4, -0.2) is 15.3 Å². The van der Waals surface area contributed by atoms with Gasteiger partial charge in [-0.1, -0.05) is 22.0 Å². The summed E-state index contributed by atoms with van der Waals surface area (Å²) in [4.78, 5) is 16.5. The van der Waals surface area contributed by atoms with Crippen molar-refractivity contribution in [2.24, 2.45) is 0 Å². The van der Waals surface area contributed by atoms with Crippen LogP contribution in [0, 0.1) is 6.92 Å². The number of hydrogen-bond donors (Lipinski definition) is 1. The molecular formula is C15H12BrN3O. The van der Waals surface area contributed by atoms with Crippen LogP contribution in [0.5, 0.6) is 0 Å². The van der Waals surface area contributed by atoms with Crippen LogP contribution in [0.2, 0.25) is 0 Å². The quantitative estimate of drug-likeness (QED) is 0.779. The monoisotopic (exact) mass is 329 g/mol. The molecule has 3 rings (SSSR count). The Labute approximate surface area is 124 Å². The fraction of sp³-hybridized carbons (Fsp3) is 0.0667. The van der Waals surface area contributed by atoms with Gasteiger partial charge in [-0.05, 0) is 36.8 Å². The number of nitrogens with zero attached hydrogens (tertiary/aromatic N) is 2. The van der Waals surface area contributed by atoms with Crippen molar-refractivity contribution in [1.29, 1.82) is 0 Å². The van der Waals surface area contributed by atoms with Crippen LogP contribution >= 0.6 is 15.9 Å². The van der Waals surface area contributed by atoms with Crippen LogP contribution < -0.4 is 5.32 Å². The summed E-state index contributed by atoms with van der Waals surface area (Å²) in [6.07, 6.45) is 5.35. The molecule has 0 atom stereocenters. The third-order valence-electron chi connectivity index (χ3n) is 3.09. The molecule has 0 fully saturated rings. The van der Waals surface area contributed by atoms with Gasteiger partial charge >= 0.3 is 0 Å². The predicted molar refractivity (Wildman–Crippen MR) is 82.0 cm³/mol. The molecule has 0 aliphatic heterocycles. The number of aryl methyl sites for hydroxylation is 1. The molecule has 2 heterocycles. The van der Waals surface area contributed by atoms with Crippen molar-refractivity contribution >= 4 is 33.2 Å². The van der Waals surface area contributed by atoms with E-state index < -0.39 is 0 Å². The van der Waals surface area contributed by atoms with E-state index in [1.807, 2.05) is 48.0 Å². The number of fused-ring (bicyclic) bond motifs is 1. The Hall–Kier alpha value is -2.14. The topological polar surface area (TPSA) is 46.4 Å². The van der Waals surface area contributed by atoms with E-state index in [1.165, 1.54) is 0 Å². The lowest BCUT2D eigenvalue weighted by atomic mass is 10.2. The molecule has 1 N–H and O–H groups in total. The number of halogens is 1. The summed E-state index contributed by atoms with van der Waals surface area (Å²) in [6, 6.07) is 9.31. The standard InChI is InChI=1S/C15H12BrN3O/c1-10-4-5-11(9-13(10)16)18-15(20)12-3-2-7-19-8-6-17-14(12)19/h2-9H,1H3,(H,18,20). The van der Waals surface area contributed by atoms with Gasteiger partial charge in [-0.2, -0.15) is 0 Å². The minimum Gasteiger partial charge on any atom is -0.322 e. The first kappa shape index (κ1) is 12.9. The number of pyridine rings is 1. The van der Waals surface area contributed by atoms with Crippen LogP contribution in [0.1, 0.15) is 15.9 Å². The molecule has 1 aromatic carbocycles. The number of anilines is 1. The van der Waals surface area contributed by atoms with Gasteiger partial charge in [0.05, 0.1) is 5.56 Å². The van der Waals surface area contributed by atoms with Crippen molar-refractivity contribution in [1.82, 2.24) is 9.38 Å². The van der Waals surface area contributed by atoms with Gasteiger partial charge in [0, 0.05) is 28.8 Å². The number of rotatable bonds is 2. The largest absolute Gasteiger partial charge is 0.322 e. The van der Waals surface area contributed by atoms with Crippen LogP contribution in [0.15, 0.2) is 53.4 Å². The van der Waals surface area contributed by atoms with E-state index in [4.69, 9.17) is 0 Å². The molecule has 0 radical (unpaired) electrons. The Morgan fingerprint density at radius 2 is 2.15 bits per heavy atom. The van der Waals surface area contributed by atoms with Crippen molar-refractivity contribution in [3.63, 3.8) is 0 Å². The van der Waals surface area contributed by atoms with E-state index in [0.717, 1.165) is 15.7 Å². The second kappa shape index (κ2) is 5.09. The Morgan fingerprint density at radius 1 is 1.30 bits per heavy atom. The average Bonchev–Trinajstić information content (AvgIpc) is 2.91. The summed E-state index contributed by atoms with van der Waals surface area (Å²) in [7, 11) is 0. The second-order valence-corrected chi connectivity index (χ2v) is 5.35. The summed E-state index contributed by atoms with van der Waals surface area (Å²) >= 11 is 3.46. The highest BCUT2D eigenvalue weighted by Gasteiger charge is 2.11. The second-order valence-electron chi connectivity index (χ2n) is 4.50. The molecule has 0 saturated carbocycles. The van der Waals surface area contributed by atoms with Crippen LogP contribution in [0.25, 0.3) is 5.65 Å². The number of nitrogens with one attached hydrogen (secondary N) is 1. The molecule has 0 saturated heterocycles. The Balaban J connectivity index is 1.93. The van der Waals surface area contributed by atoms with E-state index in [0.29, 0.717) is 11.2 Å². The predicted octanol–water partition coefficient (Wildman–Crippen LogP) is 3.66. The van der Waals surface area contributed by atoms with E-state index in [-0.39, 0.29) is 5.91 Å². The lowest BCUT2D eigenvalue weighted by Gasteiger charge is -2.08. The zero-order valence-electron chi connectivity index (χ0n) is 10.8. The lowest BCUT2D eigenvalue weighted by Crippen LogP contribution is -2.13. The number of hydrogen-bond acceptors (Lipinski definition) is 2. The molecule has 0 aliphatic rings. The zero-order valence-corrected chi connectivity index (χ0v) is 12.4. The molecule has 0 bridgehead atoms. The number of carbonyl (C=O) groups is 1. The molecular weight excluding hydrogens is 318 g/mol.